The smallest absolute Gasteiger partial charge is 0.257 e. The fourth-order valence-electron chi connectivity index (χ4n) is 1.46. The van der Waals surface area contributed by atoms with Gasteiger partial charge < -0.3 is 4.74 Å². The molecule has 18 heavy (non-hydrogen) atoms. The Morgan fingerprint density at radius 3 is 2.78 bits per heavy atom. The lowest BCUT2D eigenvalue weighted by atomic mass is 10.2. The Bertz CT molecular complexity index is 559. The molecule has 1 amide bonds. The maximum Gasteiger partial charge on any atom is 0.257 e. The minimum atomic E-state index is -0.178. The summed E-state index contributed by atoms with van der Waals surface area (Å²) in [7, 11) is 1.57. The van der Waals surface area contributed by atoms with Gasteiger partial charge in [0.25, 0.3) is 5.91 Å². The highest BCUT2D eigenvalue weighted by Crippen LogP contribution is 2.22. The highest BCUT2D eigenvalue weighted by Gasteiger charge is 2.10. The van der Waals surface area contributed by atoms with Crippen LogP contribution in [0.15, 0.2) is 24.3 Å². The average molecular weight is 262 g/mol. The summed E-state index contributed by atoms with van der Waals surface area (Å²) in [5.74, 6) is 0.483. The normalized spacial score (nSPS) is 10.2. The summed E-state index contributed by atoms with van der Waals surface area (Å²) in [6.45, 7) is 3.90. The standard InChI is InChI=1S/C13H14N2O2S/c1-8-9(2)18-13(14-8)15-12(16)10-5-4-6-11(7-10)17-3/h4-7H,1-3H3,(H,14,15,16). The SMILES string of the molecule is COc1cccc(C(=O)Nc2nc(C)c(C)s2)c1. The van der Waals surface area contributed by atoms with E-state index >= 15 is 0 Å². The number of thiazole rings is 1. The molecule has 0 aliphatic heterocycles. The molecule has 0 fully saturated rings. The van der Waals surface area contributed by atoms with Crippen LogP contribution in [0, 0.1) is 13.8 Å². The Kier molecular flexibility index (Phi) is 3.62. The number of aromatic nitrogens is 1. The van der Waals surface area contributed by atoms with E-state index in [2.05, 4.69) is 10.3 Å². The van der Waals surface area contributed by atoms with Gasteiger partial charge in [-0.3, -0.25) is 10.1 Å². The zero-order valence-electron chi connectivity index (χ0n) is 10.5. The number of hydrogen-bond donors (Lipinski definition) is 1. The molecule has 0 unspecified atom stereocenters. The van der Waals surface area contributed by atoms with Gasteiger partial charge in [-0.25, -0.2) is 4.98 Å². The fraction of sp³-hybridized carbons (Fsp3) is 0.231. The number of carbonyl (C=O) groups excluding carboxylic acids is 1. The molecule has 0 radical (unpaired) electrons. The molecular formula is C13H14N2O2S. The topological polar surface area (TPSA) is 51.2 Å². The number of methoxy groups -OCH3 is 1. The number of anilines is 1. The minimum absolute atomic E-state index is 0.178. The van der Waals surface area contributed by atoms with Crippen molar-refractivity contribution in [2.75, 3.05) is 12.4 Å². The molecular weight excluding hydrogens is 248 g/mol. The van der Waals surface area contributed by atoms with E-state index in [1.165, 1.54) is 11.3 Å². The zero-order valence-corrected chi connectivity index (χ0v) is 11.3. The van der Waals surface area contributed by atoms with Gasteiger partial charge in [-0.2, -0.15) is 0 Å². The van der Waals surface area contributed by atoms with Gasteiger partial charge in [0.15, 0.2) is 5.13 Å². The van der Waals surface area contributed by atoms with Crippen molar-refractivity contribution in [3.63, 3.8) is 0 Å². The van der Waals surface area contributed by atoms with Crippen molar-refractivity contribution in [1.29, 1.82) is 0 Å². The van der Waals surface area contributed by atoms with Crippen LogP contribution in [0.3, 0.4) is 0 Å². The van der Waals surface area contributed by atoms with Gasteiger partial charge in [-0.05, 0) is 32.0 Å². The minimum Gasteiger partial charge on any atom is -0.497 e. The number of hydrogen-bond acceptors (Lipinski definition) is 4. The second-order valence-electron chi connectivity index (χ2n) is 3.85. The van der Waals surface area contributed by atoms with Crippen molar-refractivity contribution >= 4 is 22.4 Å². The molecule has 0 bridgehead atoms. The highest BCUT2D eigenvalue weighted by atomic mass is 32.1. The van der Waals surface area contributed by atoms with Gasteiger partial charge >= 0.3 is 0 Å². The predicted molar refractivity (Wildman–Crippen MR) is 72.5 cm³/mol. The molecule has 0 spiro atoms. The maximum absolute atomic E-state index is 12.0. The summed E-state index contributed by atoms with van der Waals surface area (Å²) in [5.41, 5.74) is 1.50. The Labute approximate surface area is 110 Å². The van der Waals surface area contributed by atoms with E-state index in [1.54, 1.807) is 31.4 Å². The molecule has 0 saturated heterocycles. The summed E-state index contributed by atoms with van der Waals surface area (Å²) in [4.78, 5) is 17.4. The van der Waals surface area contributed by atoms with Gasteiger partial charge in [0.05, 0.1) is 12.8 Å². The molecule has 0 saturated carbocycles. The Balaban J connectivity index is 2.16. The number of amides is 1. The molecule has 4 nitrogen and oxygen atoms in total. The third kappa shape index (κ3) is 2.68. The monoisotopic (exact) mass is 262 g/mol. The first-order valence-electron chi connectivity index (χ1n) is 5.49. The van der Waals surface area contributed by atoms with Crippen LogP contribution < -0.4 is 10.1 Å². The second kappa shape index (κ2) is 5.18. The average Bonchev–Trinajstić information content (AvgIpc) is 2.68. The number of nitrogens with zero attached hydrogens (tertiary/aromatic N) is 1. The zero-order chi connectivity index (χ0) is 13.1. The number of carbonyl (C=O) groups is 1. The Hall–Kier alpha value is -1.88. The van der Waals surface area contributed by atoms with E-state index in [1.807, 2.05) is 13.8 Å². The summed E-state index contributed by atoms with van der Waals surface area (Å²) in [6.07, 6.45) is 0. The largest absolute Gasteiger partial charge is 0.497 e. The molecule has 2 rings (SSSR count). The van der Waals surface area contributed by atoms with Gasteiger partial charge in [0.2, 0.25) is 0 Å². The first-order valence-corrected chi connectivity index (χ1v) is 6.31. The molecule has 2 aromatic rings. The van der Waals surface area contributed by atoms with Gasteiger partial charge in [-0.15, -0.1) is 11.3 Å². The quantitative estimate of drug-likeness (QED) is 0.925. The molecule has 1 aromatic heterocycles. The van der Waals surface area contributed by atoms with Gasteiger partial charge in [0.1, 0.15) is 5.75 Å². The second-order valence-corrected chi connectivity index (χ2v) is 5.05. The van der Waals surface area contributed by atoms with Crippen LogP contribution in [-0.2, 0) is 0 Å². The molecule has 1 N–H and O–H groups in total. The molecule has 0 atom stereocenters. The van der Waals surface area contributed by atoms with Crippen LogP contribution in [0.25, 0.3) is 0 Å². The number of benzene rings is 1. The van der Waals surface area contributed by atoms with Crippen molar-refractivity contribution in [2.24, 2.45) is 0 Å². The van der Waals surface area contributed by atoms with E-state index in [0.29, 0.717) is 16.4 Å². The van der Waals surface area contributed by atoms with Gasteiger partial charge in [-0.1, -0.05) is 6.07 Å². The van der Waals surface area contributed by atoms with E-state index in [0.717, 1.165) is 10.6 Å². The summed E-state index contributed by atoms with van der Waals surface area (Å²) >= 11 is 1.47. The van der Waals surface area contributed by atoms with Crippen LogP contribution in [-0.4, -0.2) is 18.0 Å². The first-order chi connectivity index (χ1) is 8.60. The molecule has 1 heterocycles. The number of aryl methyl sites for hydroxylation is 2. The van der Waals surface area contributed by atoms with E-state index < -0.39 is 0 Å². The van der Waals surface area contributed by atoms with Crippen LogP contribution in [0.4, 0.5) is 5.13 Å². The van der Waals surface area contributed by atoms with Crippen LogP contribution in [0.5, 0.6) is 5.75 Å². The van der Waals surface area contributed by atoms with E-state index in [-0.39, 0.29) is 5.91 Å². The van der Waals surface area contributed by atoms with Crippen LogP contribution in [0.1, 0.15) is 20.9 Å². The third-order valence-corrected chi connectivity index (χ3v) is 3.57. The van der Waals surface area contributed by atoms with Crippen molar-refractivity contribution in [2.45, 2.75) is 13.8 Å². The van der Waals surface area contributed by atoms with Crippen molar-refractivity contribution in [1.82, 2.24) is 4.98 Å². The lowest BCUT2D eigenvalue weighted by molar-refractivity contribution is 0.102. The number of ether oxygens (including phenoxy) is 1. The Morgan fingerprint density at radius 2 is 2.17 bits per heavy atom. The predicted octanol–water partition coefficient (Wildman–Crippen LogP) is 3.02. The van der Waals surface area contributed by atoms with Crippen molar-refractivity contribution in [3.8, 4) is 5.75 Å². The van der Waals surface area contributed by atoms with Crippen LogP contribution in [0.2, 0.25) is 0 Å². The number of nitrogens with one attached hydrogen (secondary N) is 1. The fourth-order valence-corrected chi connectivity index (χ4v) is 2.27. The molecule has 5 heteroatoms. The third-order valence-electron chi connectivity index (χ3n) is 2.58. The van der Waals surface area contributed by atoms with Crippen molar-refractivity contribution < 1.29 is 9.53 Å². The van der Waals surface area contributed by atoms with Gasteiger partial charge in [0, 0.05) is 10.4 Å². The lowest BCUT2D eigenvalue weighted by Crippen LogP contribution is -2.11. The lowest BCUT2D eigenvalue weighted by Gasteiger charge is -2.04. The molecule has 94 valence electrons. The maximum atomic E-state index is 12.0. The van der Waals surface area contributed by atoms with Crippen LogP contribution >= 0.6 is 11.3 Å². The van der Waals surface area contributed by atoms with E-state index in [9.17, 15) is 4.79 Å². The summed E-state index contributed by atoms with van der Waals surface area (Å²) in [6, 6.07) is 7.02. The number of rotatable bonds is 3. The molecule has 0 aliphatic rings. The highest BCUT2D eigenvalue weighted by molar-refractivity contribution is 7.15. The Morgan fingerprint density at radius 1 is 1.39 bits per heavy atom. The summed E-state index contributed by atoms with van der Waals surface area (Å²) in [5, 5.41) is 3.41. The van der Waals surface area contributed by atoms with E-state index in [4.69, 9.17) is 4.74 Å². The molecule has 0 aliphatic carbocycles. The summed E-state index contributed by atoms with van der Waals surface area (Å²) < 4.78 is 5.09. The first kappa shape index (κ1) is 12.6. The molecule has 1 aromatic carbocycles. The van der Waals surface area contributed by atoms with Crippen molar-refractivity contribution in [3.05, 3.63) is 40.4 Å².